The van der Waals surface area contributed by atoms with Crippen LogP contribution >= 0.6 is 0 Å². The van der Waals surface area contributed by atoms with Crippen molar-refractivity contribution in [2.75, 3.05) is 5.32 Å². The normalized spacial score (nSPS) is 11.9. The van der Waals surface area contributed by atoms with E-state index < -0.39 is 0 Å². The Hall–Kier alpha value is -3.67. The predicted molar refractivity (Wildman–Crippen MR) is 108 cm³/mol. The number of aryl methyl sites for hydroxylation is 1. The average molecular weight is 371 g/mol. The minimum absolute atomic E-state index is 0.00632. The molecule has 0 radical (unpaired) electrons. The van der Waals surface area contributed by atoms with E-state index in [4.69, 9.17) is 0 Å². The fraction of sp³-hybridized carbons (Fsp3) is 0.136. The Morgan fingerprint density at radius 1 is 1.11 bits per heavy atom. The van der Waals surface area contributed by atoms with Crippen molar-refractivity contribution in [1.29, 1.82) is 0 Å². The number of aromatic nitrogens is 4. The summed E-state index contributed by atoms with van der Waals surface area (Å²) < 4.78 is 0. The van der Waals surface area contributed by atoms with Crippen molar-refractivity contribution in [3.63, 3.8) is 0 Å². The monoisotopic (exact) mass is 371 g/mol. The van der Waals surface area contributed by atoms with Crippen molar-refractivity contribution >= 4 is 11.6 Å². The molecule has 0 aliphatic rings. The molecule has 4 aromatic rings. The number of nitrogens with zero attached hydrogens (tertiary/aromatic N) is 2. The van der Waals surface area contributed by atoms with Crippen LogP contribution in [0, 0.1) is 13.8 Å². The fourth-order valence-corrected chi connectivity index (χ4v) is 3.41. The van der Waals surface area contributed by atoms with E-state index in [0.29, 0.717) is 5.56 Å². The van der Waals surface area contributed by atoms with Crippen LogP contribution in [0.4, 0.5) is 5.69 Å². The van der Waals surface area contributed by atoms with Crippen molar-refractivity contribution in [3.05, 3.63) is 101 Å². The zero-order valence-electron chi connectivity index (χ0n) is 15.7. The van der Waals surface area contributed by atoms with Gasteiger partial charge in [0, 0.05) is 23.8 Å². The summed E-state index contributed by atoms with van der Waals surface area (Å²) in [7, 11) is 0. The molecule has 28 heavy (non-hydrogen) atoms. The van der Waals surface area contributed by atoms with Crippen molar-refractivity contribution in [2.24, 2.45) is 0 Å². The number of nitrogens with one attached hydrogen (secondary N) is 3. The molecule has 140 valence electrons. The van der Waals surface area contributed by atoms with E-state index in [0.717, 1.165) is 16.9 Å². The van der Waals surface area contributed by atoms with Gasteiger partial charge in [-0.3, -0.25) is 9.89 Å². The highest BCUT2D eigenvalue weighted by Crippen LogP contribution is 2.34. The van der Waals surface area contributed by atoms with E-state index in [-0.39, 0.29) is 11.8 Å². The maximum absolute atomic E-state index is 12.4. The van der Waals surface area contributed by atoms with Crippen molar-refractivity contribution in [2.45, 2.75) is 19.8 Å². The van der Waals surface area contributed by atoms with Crippen molar-refractivity contribution < 1.29 is 4.79 Å². The van der Waals surface area contributed by atoms with Crippen LogP contribution in [0.2, 0.25) is 0 Å². The van der Waals surface area contributed by atoms with E-state index in [9.17, 15) is 4.79 Å². The van der Waals surface area contributed by atoms with Crippen LogP contribution in [0.15, 0.2) is 67.4 Å². The third-order valence-corrected chi connectivity index (χ3v) is 5.03. The number of hydrogen-bond donors (Lipinski definition) is 3. The van der Waals surface area contributed by atoms with Crippen LogP contribution in [-0.2, 0) is 0 Å². The Labute approximate surface area is 163 Å². The number of carbonyl (C=O) groups excluding carboxylic acids is 1. The van der Waals surface area contributed by atoms with Crippen LogP contribution in [0.1, 0.15) is 44.2 Å². The number of aromatic amines is 2. The number of amides is 1. The van der Waals surface area contributed by atoms with Gasteiger partial charge in [-0.05, 0) is 48.2 Å². The van der Waals surface area contributed by atoms with Gasteiger partial charge >= 0.3 is 0 Å². The molecule has 0 spiro atoms. The second-order valence-electron chi connectivity index (χ2n) is 6.80. The molecule has 0 aliphatic carbocycles. The van der Waals surface area contributed by atoms with E-state index in [1.807, 2.05) is 24.4 Å². The lowest BCUT2D eigenvalue weighted by molar-refractivity contribution is 0.102. The molecule has 6 heteroatoms. The molecular weight excluding hydrogens is 350 g/mol. The molecule has 2 aromatic heterocycles. The zero-order valence-corrected chi connectivity index (χ0v) is 15.7. The van der Waals surface area contributed by atoms with Gasteiger partial charge in [0.05, 0.1) is 24.0 Å². The first-order chi connectivity index (χ1) is 13.6. The molecule has 3 N–H and O–H groups in total. The van der Waals surface area contributed by atoms with Gasteiger partial charge in [0.15, 0.2) is 0 Å². The number of imidazole rings is 1. The lowest BCUT2D eigenvalue weighted by Gasteiger charge is -2.21. The lowest BCUT2D eigenvalue weighted by atomic mass is 9.85. The highest BCUT2D eigenvalue weighted by atomic mass is 16.1. The number of anilines is 1. The Balaban J connectivity index is 1.73. The second kappa shape index (κ2) is 7.52. The maximum Gasteiger partial charge on any atom is 0.258 e. The van der Waals surface area contributed by atoms with Crippen LogP contribution < -0.4 is 5.32 Å². The van der Waals surface area contributed by atoms with Gasteiger partial charge in [-0.25, -0.2) is 4.98 Å². The predicted octanol–water partition coefficient (Wildman–Crippen LogP) is 4.18. The van der Waals surface area contributed by atoms with Gasteiger partial charge in [0.1, 0.15) is 0 Å². The average Bonchev–Trinajstić information content (AvgIpc) is 3.40. The highest BCUT2D eigenvalue weighted by Gasteiger charge is 2.21. The van der Waals surface area contributed by atoms with Crippen LogP contribution in [0.3, 0.4) is 0 Å². The summed E-state index contributed by atoms with van der Waals surface area (Å²) in [6.45, 7) is 4.25. The van der Waals surface area contributed by atoms with Crippen molar-refractivity contribution in [3.8, 4) is 0 Å². The SMILES string of the molecule is Cc1cccc(C(c2cccc(NC(=O)c3cn[nH]c3)c2)c2cnc[nH]2)c1C. The number of hydrogen-bond acceptors (Lipinski definition) is 3. The van der Waals surface area contributed by atoms with Crippen LogP contribution in [-0.4, -0.2) is 26.1 Å². The second-order valence-corrected chi connectivity index (χ2v) is 6.80. The Morgan fingerprint density at radius 3 is 2.71 bits per heavy atom. The minimum Gasteiger partial charge on any atom is -0.348 e. The Morgan fingerprint density at radius 2 is 1.96 bits per heavy atom. The summed E-state index contributed by atoms with van der Waals surface area (Å²) in [6.07, 6.45) is 6.62. The first-order valence-electron chi connectivity index (χ1n) is 9.08. The van der Waals surface area contributed by atoms with Gasteiger partial charge < -0.3 is 10.3 Å². The number of benzene rings is 2. The molecule has 0 saturated heterocycles. The molecule has 1 atom stereocenters. The van der Waals surface area contributed by atoms with Gasteiger partial charge in [0.25, 0.3) is 5.91 Å². The summed E-state index contributed by atoms with van der Waals surface area (Å²) in [5, 5.41) is 9.42. The summed E-state index contributed by atoms with van der Waals surface area (Å²) in [6, 6.07) is 14.2. The molecule has 0 saturated carbocycles. The molecule has 2 heterocycles. The molecule has 0 bridgehead atoms. The molecule has 0 aliphatic heterocycles. The minimum atomic E-state index is -0.198. The molecule has 6 nitrogen and oxygen atoms in total. The summed E-state index contributed by atoms with van der Waals surface area (Å²) >= 11 is 0. The molecule has 4 rings (SSSR count). The third kappa shape index (κ3) is 3.44. The van der Waals surface area contributed by atoms with Gasteiger partial charge in [0.2, 0.25) is 0 Å². The van der Waals surface area contributed by atoms with E-state index in [2.05, 4.69) is 63.6 Å². The molecular formula is C22H21N5O. The van der Waals surface area contributed by atoms with Crippen LogP contribution in [0.25, 0.3) is 0 Å². The standard InChI is InChI=1S/C22H21N5O/c1-14-5-3-8-19(15(14)2)21(20-12-23-13-24-20)16-6-4-7-18(9-16)27-22(28)17-10-25-26-11-17/h3-13,21H,1-2H3,(H,23,24)(H,25,26)(H,27,28). The van der Waals surface area contributed by atoms with Gasteiger partial charge in [-0.15, -0.1) is 0 Å². The number of H-pyrrole nitrogens is 2. The lowest BCUT2D eigenvalue weighted by Crippen LogP contribution is -2.12. The fourth-order valence-electron chi connectivity index (χ4n) is 3.41. The topological polar surface area (TPSA) is 86.5 Å². The highest BCUT2D eigenvalue weighted by molar-refractivity contribution is 6.03. The number of rotatable bonds is 5. The van der Waals surface area contributed by atoms with E-state index >= 15 is 0 Å². The smallest absolute Gasteiger partial charge is 0.258 e. The van der Waals surface area contributed by atoms with E-state index in [1.54, 1.807) is 12.5 Å². The molecule has 1 unspecified atom stereocenters. The first kappa shape index (κ1) is 17.7. The Bertz CT molecular complexity index is 1080. The van der Waals surface area contributed by atoms with E-state index in [1.165, 1.54) is 22.9 Å². The summed E-state index contributed by atoms with van der Waals surface area (Å²) in [5.74, 6) is -0.205. The largest absolute Gasteiger partial charge is 0.348 e. The number of carbonyl (C=O) groups is 1. The summed E-state index contributed by atoms with van der Waals surface area (Å²) in [5.41, 5.74) is 7.00. The van der Waals surface area contributed by atoms with Crippen molar-refractivity contribution in [1.82, 2.24) is 20.2 Å². The molecule has 1 amide bonds. The quantitative estimate of drug-likeness (QED) is 0.492. The zero-order chi connectivity index (χ0) is 19.5. The third-order valence-electron chi connectivity index (χ3n) is 5.03. The van der Waals surface area contributed by atoms with Crippen LogP contribution in [0.5, 0.6) is 0 Å². The summed E-state index contributed by atoms with van der Waals surface area (Å²) in [4.78, 5) is 19.8. The Kier molecular flexibility index (Phi) is 4.76. The van der Waals surface area contributed by atoms with Gasteiger partial charge in [-0.2, -0.15) is 5.10 Å². The first-order valence-corrected chi connectivity index (χ1v) is 9.08. The molecule has 0 fully saturated rings. The van der Waals surface area contributed by atoms with Gasteiger partial charge in [-0.1, -0.05) is 30.3 Å². The molecule has 2 aromatic carbocycles. The maximum atomic E-state index is 12.4.